The monoisotopic (exact) mass is 488 g/mol. The summed E-state index contributed by atoms with van der Waals surface area (Å²) >= 11 is 0. The van der Waals surface area contributed by atoms with Crippen molar-refractivity contribution in [1.82, 2.24) is 0 Å². The van der Waals surface area contributed by atoms with Crippen LogP contribution in [0.25, 0.3) is 0 Å². The molecule has 0 bridgehead atoms. The van der Waals surface area contributed by atoms with Crippen molar-refractivity contribution in [3.8, 4) is 0 Å². The number of aliphatic hydroxyl groups is 10. The van der Waals surface area contributed by atoms with Gasteiger partial charge in [0.2, 0.25) is 0 Å². The minimum atomic E-state index is -1.83. The molecule has 0 spiro atoms. The first-order valence-electron chi connectivity index (χ1n) is 10.4. The molecule has 3 aliphatic heterocycles. The molecule has 3 fully saturated rings. The van der Waals surface area contributed by atoms with Crippen LogP contribution in [-0.4, -0.2) is 156 Å². The summed E-state index contributed by atoms with van der Waals surface area (Å²) in [4.78, 5) is 0. The number of rotatable bonds is 6. The molecule has 0 saturated carbocycles. The van der Waals surface area contributed by atoms with Gasteiger partial charge in [-0.1, -0.05) is 0 Å². The molecular weight excluding hydrogens is 456 g/mol. The van der Waals surface area contributed by atoms with Crippen LogP contribution >= 0.6 is 0 Å². The standard InChI is InChI=1S/C18H32O15/c1-4-7(21)9(23)13(27)17(29-4)33-15-10(24)8(22)5(2-19)31-18(15)32-14-6(3-20)30-16(28)12(26)11(14)25/h4-28H,2-3H2,1H3/t4?,5?,6?,7-,8+,9?,10?,11?,12+,13?,14-,15?,16?,17+,18+/m1/s1. The van der Waals surface area contributed by atoms with E-state index in [-0.39, 0.29) is 0 Å². The van der Waals surface area contributed by atoms with Gasteiger partial charge in [0.05, 0.1) is 19.3 Å². The summed E-state index contributed by atoms with van der Waals surface area (Å²) in [5.41, 5.74) is 0. The molecule has 0 aromatic carbocycles. The molecule has 9 unspecified atom stereocenters. The summed E-state index contributed by atoms with van der Waals surface area (Å²) in [7, 11) is 0. The zero-order valence-corrected chi connectivity index (χ0v) is 17.6. The average molecular weight is 488 g/mol. The summed E-state index contributed by atoms with van der Waals surface area (Å²) in [6.45, 7) is -0.128. The van der Waals surface area contributed by atoms with Crippen molar-refractivity contribution >= 4 is 0 Å². The highest BCUT2D eigenvalue weighted by atomic mass is 16.8. The fourth-order valence-electron chi connectivity index (χ4n) is 3.98. The Hall–Kier alpha value is -0.600. The minimum Gasteiger partial charge on any atom is -0.394 e. The highest BCUT2D eigenvalue weighted by Crippen LogP contribution is 2.32. The van der Waals surface area contributed by atoms with E-state index >= 15 is 0 Å². The van der Waals surface area contributed by atoms with E-state index in [0.717, 1.165) is 0 Å². The van der Waals surface area contributed by atoms with E-state index in [2.05, 4.69) is 0 Å². The molecule has 3 heterocycles. The van der Waals surface area contributed by atoms with E-state index in [0.29, 0.717) is 0 Å². The summed E-state index contributed by atoms with van der Waals surface area (Å²) in [6.07, 6.45) is -24.1. The molecule has 3 rings (SSSR count). The molecule has 15 atom stereocenters. The topological polar surface area (TPSA) is 248 Å². The Labute approximate surface area is 187 Å². The molecule has 3 saturated heterocycles. The molecule has 3 aliphatic rings. The third kappa shape index (κ3) is 5.32. The third-order valence-electron chi connectivity index (χ3n) is 6.05. The maximum atomic E-state index is 10.6. The molecule has 0 aromatic heterocycles. The van der Waals surface area contributed by atoms with Crippen LogP contribution in [0.1, 0.15) is 6.92 Å². The lowest BCUT2D eigenvalue weighted by Gasteiger charge is -2.48. The van der Waals surface area contributed by atoms with Crippen LogP contribution in [0, 0.1) is 0 Å². The molecule has 0 radical (unpaired) electrons. The van der Waals surface area contributed by atoms with Crippen molar-refractivity contribution in [3.05, 3.63) is 0 Å². The van der Waals surface area contributed by atoms with E-state index in [4.69, 9.17) is 23.7 Å². The van der Waals surface area contributed by atoms with Gasteiger partial charge < -0.3 is 74.7 Å². The normalized spacial score (nSPS) is 53.7. The zero-order valence-electron chi connectivity index (χ0n) is 17.6. The van der Waals surface area contributed by atoms with E-state index in [9.17, 15) is 51.1 Å². The lowest BCUT2D eigenvalue weighted by Crippen LogP contribution is -2.66. The quantitative estimate of drug-likeness (QED) is 0.167. The summed E-state index contributed by atoms with van der Waals surface area (Å²) in [6, 6.07) is 0. The van der Waals surface area contributed by atoms with Crippen molar-refractivity contribution in [2.24, 2.45) is 0 Å². The number of hydrogen-bond acceptors (Lipinski definition) is 15. The first-order valence-corrected chi connectivity index (χ1v) is 10.4. The second-order valence-corrected chi connectivity index (χ2v) is 8.32. The van der Waals surface area contributed by atoms with Gasteiger partial charge in [0.1, 0.15) is 67.1 Å². The first kappa shape index (κ1) is 27.0. The van der Waals surface area contributed by atoms with Crippen molar-refractivity contribution in [2.75, 3.05) is 13.2 Å². The smallest absolute Gasteiger partial charge is 0.187 e. The van der Waals surface area contributed by atoms with Crippen molar-refractivity contribution < 1.29 is 74.7 Å². The maximum Gasteiger partial charge on any atom is 0.187 e. The number of hydrogen-bond donors (Lipinski definition) is 10. The van der Waals surface area contributed by atoms with Crippen molar-refractivity contribution in [2.45, 2.75) is 99.0 Å². The van der Waals surface area contributed by atoms with Gasteiger partial charge in [-0.3, -0.25) is 0 Å². The van der Waals surface area contributed by atoms with Crippen LogP contribution in [-0.2, 0) is 23.7 Å². The van der Waals surface area contributed by atoms with Crippen molar-refractivity contribution in [3.63, 3.8) is 0 Å². The SMILES string of the molecule is CC1O[C@@H](OC2C(O)[C@@H](O)C(CO)O[C@H]2O[C@@H]2C(CO)OC(O)[C@@H](O)C2O)C(O)C(O)[C@@H]1O. The molecule has 15 nitrogen and oxygen atoms in total. The molecule has 10 N–H and O–H groups in total. The van der Waals surface area contributed by atoms with E-state index < -0.39 is 105 Å². The van der Waals surface area contributed by atoms with Gasteiger partial charge >= 0.3 is 0 Å². The highest BCUT2D eigenvalue weighted by Gasteiger charge is 2.53. The summed E-state index contributed by atoms with van der Waals surface area (Å²) in [5.74, 6) is 0. The van der Waals surface area contributed by atoms with Crippen molar-refractivity contribution in [1.29, 1.82) is 0 Å². The van der Waals surface area contributed by atoms with Crippen LogP contribution in [0.4, 0.5) is 0 Å². The fraction of sp³-hybridized carbons (Fsp3) is 1.00. The van der Waals surface area contributed by atoms with Gasteiger partial charge in [0, 0.05) is 0 Å². The summed E-state index contributed by atoms with van der Waals surface area (Å²) in [5, 5.41) is 99.8. The predicted octanol–water partition coefficient (Wildman–Crippen LogP) is -6.55. The predicted molar refractivity (Wildman–Crippen MR) is 99.8 cm³/mol. The fourth-order valence-corrected chi connectivity index (χ4v) is 3.98. The lowest BCUT2D eigenvalue weighted by atomic mass is 9.96. The van der Waals surface area contributed by atoms with E-state index in [1.807, 2.05) is 0 Å². The second kappa shape index (κ2) is 11.0. The zero-order chi connectivity index (χ0) is 24.6. The van der Waals surface area contributed by atoms with Crippen LogP contribution in [0.3, 0.4) is 0 Å². The molecule has 0 aromatic rings. The Morgan fingerprint density at radius 3 is 1.73 bits per heavy atom. The average Bonchev–Trinajstić information content (AvgIpc) is 2.80. The number of ether oxygens (including phenoxy) is 5. The Bertz CT molecular complexity index is 624. The molecule has 194 valence electrons. The molecule has 33 heavy (non-hydrogen) atoms. The number of aliphatic hydroxyl groups excluding tert-OH is 10. The first-order chi connectivity index (χ1) is 15.5. The third-order valence-corrected chi connectivity index (χ3v) is 6.05. The van der Waals surface area contributed by atoms with Crippen LogP contribution in [0.5, 0.6) is 0 Å². The van der Waals surface area contributed by atoms with E-state index in [1.54, 1.807) is 0 Å². The highest BCUT2D eigenvalue weighted by molar-refractivity contribution is 4.95. The van der Waals surface area contributed by atoms with E-state index in [1.165, 1.54) is 6.92 Å². The maximum absolute atomic E-state index is 10.6. The molecule has 0 aliphatic carbocycles. The van der Waals surface area contributed by atoms with Crippen LogP contribution < -0.4 is 0 Å². The Morgan fingerprint density at radius 2 is 1.12 bits per heavy atom. The van der Waals surface area contributed by atoms with Gasteiger partial charge in [-0.2, -0.15) is 0 Å². The Morgan fingerprint density at radius 1 is 0.545 bits per heavy atom. The van der Waals surface area contributed by atoms with Crippen LogP contribution in [0.2, 0.25) is 0 Å². The van der Waals surface area contributed by atoms with Gasteiger partial charge in [-0.25, -0.2) is 0 Å². The largest absolute Gasteiger partial charge is 0.394 e. The Kier molecular flexibility index (Phi) is 8.99. The van der Waals surface area contributed by atoms with Crippen LogP contribution in [0.15, 0.2) is 0 Å². The summed E-state index contributed by atoms with van der Waals surface area (Å²) < 4.78 is 26.9. The van der Waals surface area contributed by atoms with Gasteiger partial charge in [0.15, 0.2) is 18.9 Å². The van der Waals surface area contributed by atoms with Gasteiger partial charge in [-0.05, 0) is 6.92 Å². The minimum absolute atomic E-state index is 0.760. The van der Waals surface area contributed by atoms with Gasteiger partial charge in [-0.15, -0.1) is 0 Å². The lowest BCUT2D eigenvalue weighted by molar-refractivity contribution is -0.385. The molecule has 15 heteroatoms. The molecular formula is C18H32O15. The second-order valence-electron chi connectivity index (χ2n) is 8.32. The Balaban J connectivity index is 1.83. The van der Waals surface area contributed by atoms with Gasteiger partial charge in [0.25, 0.3) is 0 Å². The molecule has 0 amide bonds.